The molecule has 0 saturated carbocycles. The SMILES string of the molecule is Cc1ccc(Br)cc1CNC(C)CN1CCOCC1. The molecule has 0 bridgehead atoms. The van der Waals surface area contributed by atoms with Crippen molar-refractivity contribution in [1.82, 2.24) is 10.2 Å². The Kier molecular flexibility index (Phi) is 5.82. The number of hydrogen-bond acceptors (Lipinski definition) is 3. The topological polar surface area (TPSA) is 24.5 Å². The molecular formula is C15H23BrN2O. The normalized spacial score (nSPS) is 18.5. The van der Waals surface area contributed by atoms with E-state index in [0.29, 0.717) is 6.04 Å². The fourth-order valence-electron chi connectivity index (χ4n) is 2.35. The number of aryl methyl sites for hydroxylation is 1. The van der Waals surface area contributed by atoms with Crippen molar-refractivity contribution in [3.8, 4) is 0 Å². The minimum Gasteiger partial charge on any atom is -0.379 e. The standard InChI is InChI=1S/C15H23BrN2O/c1-12-3-4-15(16)9-14(12)10-17-13(2)11-18-5-7-19-8-6-18/h3-4,9,13,17H,5-8,10-11H2,1-2H3. The Morgan fingerprint density at radius 3 is 2.84 bits per heavy atom. The molecule has 0 spiro atoms. The summed E-state index contributed by atoms with van der Waals surface area (Å²) in [6.45, 7) is 10.3. The molecule has 1 heterocycles. The van der Waals surface area contributed by atoms with Crippen LogP contribution < -0.4 is 5.32 Å². The van der Waals surface area contributed by atoms with E-state index in [-0.39, 0.29) is 0 Å². The van der Waals surface area contributed by atoms with Gasteiger partial charge in [0.05, 0.1) is 13.2 Å². The highest BCUT2D eigenvalue weighted by Gasteiger charge is 2.13. The Bertz CT molecular complexity index is 405. The zero-order valence-electron chi connectivity index (χ0n) is 11.8. The van der Waals surface area contributed by atoms with Crippen LogP contribution in [0.15, 0.2) is 22.7 Å². The monoisotopic (exact) mass is 326 g/mol. The number of rotatable bonds is 5. The fourth-order valence-corrected chi connectivity index (χ4v) is 2.76. The number of hydrogen-bond donors (Lipinski definition) is 1. The lowest BCUT2D eigenvalue weighted by Crippen LogP contribution is -2.44. The predicted octanol–water partition coefficient (Wildman–Crippen LogP) is 2.57. The first-order chi connectivity index (χ1) is 9.15. The molecule has 1 aliphatic heterocycles. The molecule has 1 aliphatic rings. The maximum Gasteiger partial charge on any atom is 0.0594 e. The summed E-state index contributed by atoms with van der Waals surface area (Å²) < 4.78 is 6.52. The Hall–Kier alpha value is -0.420. The Morgan fingerprint density at radius 1 is 1.37 bits per heavy atom. The summed E-state index contributed by atoms with van der Waals surface area (Å²) in [7, 11) is 0. The van der Waals surface area contributed by atoms with Gasteiger partial charge in [-0.05, 0) is 37.1 Å². The van der Waals surface area contributed by atoms with Gasteiger partial charge < -0.3 is 10.1 Å². The van der Waals surface area contributed by atoms with Gasteiger partial charge in [0, 0.05) is 36.7 Å². The van der Waals surface area contributed by atoms with Crippen LogP contribution >= 0.6 is 15.9 Å². The predicted molar refractivity (Wildman–Crippen MR) is 82.4 cm³/mol. The lowest BCUT2D eigenvalue weighted by Gasteiger charge is -2.29. The molecule has 4 heteroatoms. The van der Waals surface area contributed by atoms with Gasteiger partial charge in [0.1, 0.15) is 0 Å². The molecular weight excluding hydrogens is 304 g/mol. The molecule has 3 nitrogen and oxygen atoms in total. The number of morpholine rings is 1. The summed E-state index contributed by atoms with van der Waals surface area (Å²) in [5, 5.41) is 3.61. The van der Waals surface area contributed by atoms with Crippen molar-refractivity contribution in [3.05, 3.63) is 33.8 Å². The first-order valence-corrected chi connectivity index (χ1v) is 7.73. The smallest absolute Gasteiger partial charge is 0.0594 e. The number of benzene rings is 1. The molecule has 1 N–H and O–H groups in total. The second-order valence-electron chi connectivity index (χ2n) is 5.27. The van der Waals surface area contributed by atoms with Crippen LogP contribution in [0.2, 0.25) is 0 Å². The van der Waals surface area contributed by atoms with E-state index < -0.39 is 0 Å². The summed E-state index contributed by atoms with van der Waals surface area (Å²) in [6.07, 6.45) is 0. The summed E-state index contributed by atoms with van der Waals surface area (Å²) in [5.41, 5.74) is 2.71. The van der Waals surface area contributed by atoms with Crippen LogP contribution in [0, 0.1) is 6.92 Å². The Morgan fingerprint density at radius 2 is 2.11 bits per heavy atom. The third-order valence-electron chi connectivity index (χ3n) is 3.59. The first-order valence-electron chi connectivity index (χ1n) is 6.93. The molecule has 1 unspecified atom stereocenters. The molecule has 1 atom stereocenters. The van der Waals surface area contributed by atoms with E-state index in [1.54, 1.807) is 0 Å². The van der Waals surface area contributed by atoms with Crippen molar-refractivity contribution in [1.29, 1.82) is 0 Å². The van der Waals surface area contributed by atoms with E-state index in [0.717, 1.165) is 43.9 Å². The van der Waals surface area contributed by atoms with Crippen LogP contribution in [0.25, 0.3) is 0 Å². The molecule has 19 heavy (non-hydrogen) atoms. The average molecular weight is 327 g/mol. The van der Waals surface area contributed by atoms with Gasteiger partial charge in [0.2, 0.25) is 0 Å². The highest BCUT2D eigenvalue weighted by molar-refractivity contribution is 9.10. The maximum atomic E-state index is 5.37. The Labute approximate surface area is 124 Å². The number of nitrogens with zero attached hydrogens (tertiary/aromatic N) is 1. The van der Waals surface area contributed by atoms with Crippen LogP contribution in [0.1, 0.15) is 18.1 Å². The van der Waals surface area contributed by atoms with E-state index in [2.05, 4.69) is 58.2 Å². The second-order valence-corrected chi connectivity index (χ2v) is 6.18. The molecule has 106 valence electrons. The van der Waals surface area contributed by atoms with Crippen molar-refractivity contribution in [2.45, 2.75) is 26.4 Å². The lowest BCUT2D eigenvalue weighted by atomic mass is 10.1. The Balaban J connectivity index is 1.79. The summed E-state index contributed by atoms with van der Waals surface area (Å²) in [5.74, 6) is 0. The van der Waals surface area contributed by atoms with E-state index in [1.165, 1.54) is 11.1 Å². The first kappa shape index (κ1) is 15.0. The number of ether oxygens (including phenoxy) is 1. The summed E-state index contributed by atoms with van der Waals surface area (Å²) >= 11 is 3.53. The fraction of sp³-hybridized carbons (Fsp3) is 0.600. The second kappa shape index (κ2) is 7.39. The van der Waals surface area contributed by atoms with Gasteiger partial charge in [-0.25, -0.2) is 0 Å². The van der Waals surface area contributed by atoms with Crippen molar-refractivity contribution in [2.75, 3.05) is 32.8 Å². The molecule has 1 aromatic rings. The van der Waals surface area contributed by atoms with Crippen molar-refractivity contribution < 1.29 is 4.74 Å². The van der Waals surface area contributed by atoms with Gasteiger partial charge in [-0.15, -0.1) is 0 Å². The molecule has 1 aromatic carbocycles. The van der Waals surface area contributed by atoms with Crippen LogP contribution in [0.5, 0.6) is 0 Å². The van der Waals surface area contributed by atoms with Crippen LogP contribution in [-0.4, -0.2) is 43.8 Å². The average Bonchev–Trinajstić information content (AvgIpc) is 2.41. The highest BCUT2D eigenvalue weighted by atomic mass is 79.9. The molecule has 1 fully saturated rings. The zero-order chi connectivity index (χ0) is 13.7. The van der Waals surface area contributed by atoms with E-state index in [1.807, 2.05) is 0 Å². The van der Waals surface area contributed by atoms with Crippen LogP contribution in [0.3, 0.4) is 0 Å². The number of halogens is 1. The summed E-state index contributed by atoms with van der Waals surface area (Å²) in [4.78, 5) is 2.47. The quantitative estimate of drug-likeness (QED) is 0.900. The van der Waals surface area contributed by atoms with Crippen molar-refractivity contribution >= 4 is 15.9 Å². The van der Waals surface area contributed by atoms with Gasteiger partial charge in [0.25, 0.3) is 0 Å². The third-order valence-corrected chi connectivity index (χ3v) is 4.08. The zero-order valence-corrected chi connectivity index (χ0v) is 13.4. The molecule has 0 radical (unpaired) electrons. The third kappa shape index (κ3) is 4.88. The van der Waals surface area contributed by atoms with Gasteiger partial charge in [-0.2, -0.15) is 0 Å². The van der Waals surface area contributed by atoms with E-state index in [4.69, 9.17) is 4.74 Å². The van der Waals surface area contributed by atoms with Crippen molar-refractivity contribution in [3.63, 3.8) is 0 Å². The van der Waals surface area contributed by atoms with E-state index >= 15 is 0 Å². The van der Waals surface area contributed by atoms with Crippen LogP contribution in [-0.2, 0) is 11.3 Å². The molecule has 0 aromatic heterocycles. The van der Waals surface area contributed by atoms with Gasteiger partial charge in [-0.3, -0.25) is 4.90 Å². The number of nitrogens with one attached hydrogen (secondary N) is 1. The molecule has 1 saturated heterocycles. The van der Waals surface area contributed by atoms with Crippen molar-refractivity contribution in [2.24, 2.45) is 0 Å². The summed E-state index contributed by atoms with van der Waals surface area (Å²) in [6, 6.07) is 6.95. The van der Waals surface area contributed by atoms with Gasteiger partial charge in [0.15, 0.2) is 0 Å². The minimum absolute atomic E-state index is 0.497. The largest absolute Gasteiger partial charge is 0.379 e. The highest BCUT2D eigenvalue weighted by Crippen LogP contribution is 2.16. The lowest BCUT2D eigenvalue weighted by molar-refractivity contribution is 0.0343. The van der Waals surface area contributed by atoms with E-state index in [9.17, 15) is 0 Å². The van der Waals surface area contributed by atoms with Crippen LogP contribution in [0.4, 0.5) is 0 Å². The van der Waals surface area contributed by atoms with Gasteiger partial charge >= 0.3 is 0 Å². The molecule has 0 aliphatic carbocycles. The minimum atomic E-state index is 0.497. The molecule has 2 rings (SSSR count). The maximum absolute atomic E-state index is 5.37. The van der Waals surface area contributed by atoms with Gasteiger partial charge in [-0.1, -0.05) is 22.0 Å². The molecule has 0 amide bonds.